The van der Waals surface area contributed by atoms with Crippen LogP contribution in [0.4, 0.5) is 13.2 Å². The monoisotopic (exact) mass is 632 g/mol. The van der Waals surface area contributed by atoms with Crippen LogP contribution < -0.4 is 16.5 Å². The van der Waals surface area contributed by atoms with E-state index in [2.05, 4.69) is 34.9 Å². The fraction of sp³-hybridized carbons (Fsp3) is 0.406. The Morgan fingerprint density at radius 2 is 1.82 bits per heavy atom. The molecule has 2 rings (SSSR count). The molecule has 12 heteroatoms. The van der Waals surface area contributed by atoms with Gasteiger partial charge in [0.15, 0.2) is 5.49 Å². The molecule has 240 valence electrons. The van der Waals surface area contributed by atoms with Crippen LogP contribution in [0.2, 0.25) is 0 Å². The maximum atomic E-state index is 13.2. The van der Waals surface area contributed by atoms with Crippen LogP contribution in [0.15, 0.2) is 69.5 Å². The summed E-state index contributed by atoms with van der Waals surface area (Å²) >= 11 is 1.27. The molecule has 1 N–H and O–H groups in total. The third-order valence-corrected chi connectivity index (χ3v) is 7.12. The Kier molecular flexibility index (Phi) is 18.8. The van der Waals surface area contributed by atoms with Gasteiger partial charge in [0.05, 0.1) is 17.4 Å². The number of aromatic nitrogens is 2. The molecule has 1 aromatic carbocycles. The second-order valence-corrected chi connectivity index (χ2v) is 10.1. The van der Waals surface area contributed by atoms with Gasteiger partial charge in [-0.15, -0.1) is 11.8 Å². The number of benzene rings is 1. The quantitative estimate of drug-likeness (QED) is 0.0911. The van der Waals surface area contributed by atoms with Gasteiger partial charge in [-0.3, -0.25) is 23.9 Å². The van der Waals surface area contributed by atoms with Gasteiger partial charge in [0, 0.05) is 24.6 Å². The largest absolute Gasteiger partial charge is 0.410 e. The van der Waals surface area contributed by atoms with Crippen molar-refractivity contribution in [2.45, 2.75) is 66.1 Å². The van der Waals surface area contributed by atoms with Crippen molar-refractivity contribution in [3.63, 3.8) is 0 Å². The Labute approximate surface area is 262 Å². The van der Waals surface area contributed by atoms with Crippen LogP contribution in [0.5, 0.6) is 0 Å². The van der Waals surface area contributed by atoms with Crippen LogP contribution >= 0.6 is 11.8 Å². The molecule has 0 aliphatic rings. The average Bonchev–Trinajstić information content (AvgIpc) is 3.01. The van der Waals surface area contributed by atoms with E-state index < -0.39 is 12.2 Å². The smallest absolute Gasteiger partial charge is 0.288 e. The molecule has 0 saturated carbocycles. The van der Waals surface area contributed by atoms with Crippen LogP contribution in [0.3, 0.4) is 0 Å². The first-order valence-electron chi connectivity index (χ1n) is 14.0. The van der Waals surface area contributed by atoms with Crippen LogP contribution in [0, 0.1) is 18.3 Å². The molecule has 1 amide bonds. The minimum absolute atomic E-state index is 0.00958. The lowest BCUT2D eigenvalue weighted by atomic mass is 10.0. The number of halogens is 3. The molecular weight excluding hydrogens is 589 g/mol. The molecule has 0 fully saturated rings. The number of hydrogen-bond donors (Lipinski definition) is 1. The highest BCUT2D eigenvalue weighted by molar-refractivity contribution is 8.08. The maximum absolute atomic E-state index is 13.2. The third-order valence-electron chi connectivity index (χ3n) is 6.20. The van der Waals surface area contributed by atoms with Crippen molar-refractivity contribution in [2.24, 2.45) is 24.2 Å². The van der Waals surface area contributed by atoms with Gasteiger partial charge in [-0.25, -0.2) is 5.43 Å². The van der Waals surface area contributed by atoms with Crippen molar-refractivity contribution in [1.29, 1.82) is 5.26 Å². The molecule has 0 bridgehead atoms. The third kappa shape index (κ3) is 12.2. The normalized spacial score (nSPS) is 12.5. The van der Waals surface area contributed by atoms with Gasteiger partial charge in [-0.05, 0) is 51.5 Å². The fourth-order valence-corrected chi connectivity index (χ4v) is 4.42. The summed E-state index contributed by atoms with van der Waals surface area (Å²) in [6.07, 6.45) is 2.62. The number of alkyl halides is 3. The zero-order valence-corrected chi connectivity index (χ0v) is 27.3. The first-order valence-corrected chi connectivity index (χ1v) is 15.0. The lowest BCUT2D eigenvalue weighted by molar-refractivity contribution is -0.147. The lowest BCUT2D eigenvalue weighted by Gasteiger charge is -2.18. The number of nitrogens with one attached hydrogen (secondary N) is 1. The van der Waals surface area contributed by atoms with Crippen molar-refractivity contribution in [3.05, 3.63) is 81.6 Å². The van der Waals surface area contributed by atoms with Gasteiger partial charge in [-0.1, -0.05) is 74.9 Å². The average molecular weight is 633 g/mol. The van der Waals surface area contributed by atoms with Crippen LogP contribution in [-0.4, -0.2) is 40.5 Å². The second kappa shape index (κ2) is 20.7. The molecule has 0 radical (unpaired) electrons. The summed E-state index contributed by atoms with van der Waals surface area (Å²) in [7, 11) is 3.30. The van der Waals surface area contributed by atoms with E-state index in [1.54, 1.807) is 30.9 Å². The number of amides is 1. The Morgan fingerprint density at radius 1 is 1.20 bits per heavy atom. The molecule has 2 aromatic rings. The first kappa shape index (κ1) is 39.9. The topological polar surface area (TPSA) is 105 Å². The fourth-order valence-electron chi connectivity index (χ4n) is 3.67. The molecular formula is C32H43F3N6O2S. The number of aliphatic imine (C=N–C) groups is 1. The van der Waals surface area contributed by atoms with Crippen LogP contribution in [0.1, 0.15) is 58.1 Å². The minimum atomic E-state index is -4.25. The molecule has 8 nitrogen and oxygen atoms in total. The van der Waals surface area contributed by atoms with Crippen LogP contribution in [-0.2, 0) is 18.9 Å². The highest BCUT2D eigenvalue weighted by Crippen LogP contribution is 2.31. The summed E-state index contributed by atoms with van der Waals surface area (Å²) in [5.74, 6) is 0.187. The summed E-state index contributed by atoms with van der Waals surface area (Å²) in [5, 5.41) is 13.2. The van der Waals surface area contributed by atoms with E-state index in [0.717, 1.165) is 23.1 Å². The number of hydrogen-bond acceptors (Lipinski definition) is 6. The Balaban J connectivity index is 0.000000976. The van der Waals surface area contributed by atoms with Crippen molar-refractivity contribution in [1.82, 2.24) is 14.8 Å². The number of allylic oxidation sites excluding steroid dienone is 4. The number of rotatable bonds is 12. The van der Waals surface area contributed by atoms with E-state index in [4.69, 9.17) is 5.26 Å². The predicted octanol–water partition coefficient (Wildman–Crippen LogP) is 6.83. The molecule has 1 atom stereocenters. The van der Waals surface area contributed by atoms with E-state index in [1.807, 2.05) is 65.0 Å². The summed E-state index contributed by atoms with van der Waals surface area (Å²) < 4.78 is 39.5. The molecule has 0 saturated heterocycles. The molecule has 1 unspecified atom stereocenters. The summed E-state index contributed by atoms with van der Waals surface area (Å²) in [6.45, 7) is 16.5. The molecule has 0 spiro atoms. The van der Waals surface area contributed by atoms with E-state index in [-0.39, 0.29) is 17.7 Å². The van der Waals surface area contributed by atoms with Crippen molar-refractivity contribution in [3.8, 4) is 17.2 Å². The van der Waals surface area contributed by atoms with E-state index in [9.17, 15) is 22.8 Å². The number of nitriles is 1. The Morgan fingerprint density at radius 3 is 2.30 bits per heavy atom. The van der Waals surface area contributed by atoms with E-state index in [1.165, 1.54) is 16.4 Å². The van der Waals surface area contributed by atoms with Gasteiger partial charge in [-0.2, -0.15) is 23.5 Å². The van der Waals surface area contributed by atoms with Gasteiger partial charge in [0.25, 0.3) is 5.56 Å². The zero-order valence-electron chi connectivity index (χ0n) is 26.5. The zero-order chi connectivity index (χ0) is 33.9. The number of aryl methyl sites for hydroxylation is 1. The molecule has 1 heterocycles. The highest BCUT2D eigenvalue weighted by atomic mass is 32.2. The van der Waals surface area contributed by atoms with Gasteiger partial charge >= 0.3 is 6.18 Å². The molecule has 0 aliphatic heterocycles. The minimum Gasteiger partial charge on any atom is -0.288 e. The van der Waals surface area contributed by atoms with Crippen molar-refractivity contribution >= 4 is 29.8 Å². The summed E-state index contributed by atoms with van der Waals surface area (Å²) in [6, 6.07) is 8.05. The number of thioether (sulfide) groups is 1. The molecule has 44 heavy (non-hydrogen) atoms. The molecule has 0 aliphatic carbocycles. The highest BCUT2D eigenvalue weighted by Gasteiger charge is 2.38. The van der Waals surface area contributed by atoms with Crippen molar-refractivity contribution in [2.75, 3.05) is 5.75 Å². The lowest BCUT2D eigenvalue weighted by Crippen LogP contribution is -2.40. The SMILES string of the molecule is C=C/C=C(\SCC#N)c1c(-c2ccc(C)cc2)c(=O)n(C)n(C)/c1=N\NC=O.C=NC(CC/C=C(/C)CC)C(F)(F)F.CC. The standard InChI is InChI=1S/C20H21N5O2S.C10H16F3N.C2H6/c1-5-6-16(28-12-11-21)18-17(15-9-7-14(2)8-10-15)20(27)25(4)24(3)19(18)23-22-13-26;1-4-8(2)6-5-7-9(14-3)10(11,12)13;1-2/h5-10,13H,1,12H2,2-4H3,(H,22,26);6,9H,3-5,7H2,1-2H3;1-2H3/b16-6-,23-19-;8-6-;. The predicted molar refractivity (Wildman–Crippen MR) is 176 cm³/mol. The van der Waals surface area contributed by atoms with Crippen molar-refractivity contribution < 1.29 is 18.0 Å². The van der Waals surface area contributed by atoms with Gasteiger partial charge in [0.1, 0.15) is 6.04 Å². The number of nitrogens with zero attached hydrogens (tertiary/aromatic N) is 5. The maximum Gasteiger partial charge on any atom is 0.410 e. The second-order valence-electron chi connectivity index (χ2n) is 9.09. The summed E-state index contributed by atoms with van der Waals surface area (Å²) in [4.78, 5) is 27.8. The number of carbonyl (C=O) groups excluding carboxylic acids is 1. The van der Waals surface area contributed by atoms with Crippen LogP contribution in [0.25, 0.3) is 16.0 Å². The van der Waals surface area contributed by atoms with Gasteiger partial charge in [0.2, 0.25) is 6.41 Å². The van der Waals surface area contributed by atoms with E-state index >= 15 is 0 Å². The Hall–Kier alpha value is -4.11. The van der Waals surface area contributed by atoms with Gasteiger partial charge < -0.3 is 0 Å². The Bertz CT molecular complexity index is 1460. The number of carbonyl (C=O) groups is 1. The molecule has 1 aromatic heterocycles. The first-order chi connectivity index (χ1) is 20.9. The van der Waals surface area contributed by atoms with E-state index in [0.29, 0.717) is 34.4 Å². The summed E-state index contributed by atoms with van der Waals surface area (Å²) in [5.41, 5.74) is 6.33.